The highest BCUT2D eigenvalue weighted by Crippen LogP contribution is 2.24. The van der Waals surface area contributed by atoms with Gasteiger partial charge in [0.1, 0.15) is 5.75 Å². The number of methoxy groups -OCH3 is 1. The van der Waals surface area contributed by atoms with Crippen LogP contribution in [-0.2, 0) is 6.42 Å². The van der Waals surface area contributed by atoms with Crippen LogP contribution < -0.4 is 9.64 Å². The standard InChI is InChI=1S/C19H23N2O/c1-20-11-13-21(14-12-20)19-6-4-3-5-17(19)15-16-7-9-18(22-2)10-8-16/h3-5,7-10H,11-15H2,1-2H3. The molecule has 1 aliphatic rings. The lowest BCUT2D eigenvalue weighted by molar-refractivity contribution is 0.312. The molecule has 3 rings (SSSR count). The predicted molar refractivity (Wildman–Crippen MR) is 90.8 cm³/mol. The van der Waals surface area contributed by atoms with Crippen LogP contribution in [-0.4, -0.2) is 45.2 Å². The van der Waals surface area contributed by atoms with Gasteiger partial charge in [-0.25, -0.2) is 0 Å². The molecule has 0 unspecified atom stereocenters. The molecule has 2 aromatic rings. The number of hydrogen-bond donors (Lipinski definition) is 0. The minimum Gasteiger partial charge on any atom is -0.497 e. The predicted octanol–water partition coefficient (Wildman–Crippen LogP) is 2.84. The second kappa shape index (κ2) is 6.84. The van der Waals surface area contributed by atoms with Crippen molar-refractivity contribution in [3.8, 4) is 5.75 Å². The molecule has 1 aliphatic heterocycles. The van der Waals surface area contributed by atoms with Crippen molar-refractivity contribution < 1.29 is 4.74 Å². The first kappa shape index (κ1) is 14.9. The van der Waals surface area contributed by atoms with E-state index < -0.39 is 0 Å². The van der Waals surface area contributed by atoms with Crippen LogP contribution in [0.1, 0.15) is 11.1 Å². The summed E-state index contributed by atoms with van der Waals surface area (Å²) in [6.07, 6.45) is 0.934. The third-order valence-corrected chi connectivity index (χ3v) is 4.29. The molecule has 0 spiro atoms. The molecule has 22 heavy (non-hydrogen) atoms. The second-order valence-corrected chi connectivity index (χ2v) is 5.86. The molecule has 3 nitrogen and oxygen atoms in total. The number of ether oxygens (including phenoxy) is 1. The van der Waals surface area contributed by atoms with Crippen LogP contribution in [0.15, 0.2) is 42.5 Å². The highest BCUT2D eigenvalue weighted by Gasteiger charge is 2.16. The molecule has 0 atom stereocenters. The number of hydrogen-bond acceptors (Lipinski definition) is 3. The van der Waals surface area contributed by atoms with Gasteiger partial charge in [-0.15, -0.1) is 0 Å². The van der Waals surface area contributed by atoms with Gasteiger partial charge < -0.3 is 14.5 Å². The molecule has 0 amide bonds. The summed E-state index contributed by atoms with van der Waals surface area (Å²) < 4.78 is 5.23. The van der Waals surface area contributed by atoms with Crippen molar-refractivity contribution in [2.24, 2.45) is 0 Å². The molecule has 0 bridgehead atoms. The molecule has 1 heterocycles. The van der Waals surface area contributed by atoms with Gasteiger partial charge in [-0.3, -0.25) is 0 Å². The monoisotopic (exact) mass is 295 g/mol. The second-order valence-electron chi connectivity index (χ2n) is 5.86. The lowest BCUT2D eigenvalue weighted by Crippen LogP contribution is -2.44. The van der Waals surface area contributed by atoms with Crippen molar-refractivity contribution in [2.75, 3.05) is 45.2 Å². The quantitative estimate of drug-likeness (QED) is 0.862. The summed E-state index contributed by atoms with van der Waals surface area (Å²) in [6.45, 7) is 4.38. The minimum absolute atomic E-state index is 0.905. The largest absolute Gasteiger partial charge is 0.497 e. The Balaban J connectivity index is 1.78. The number of benzene rings is 2. The summed E-state index contributed by atoms with van der Waals surface area (Å²) in [4.78, 5) is 4.83. The van der Waals surface area contributed by atoms with E-state index in [0.29, 0.717) is 0 Å². The highest BCUT2D eigenvalue weighted by atomic mass is 16.5. The van der Waals surface area contributed by atoms with Gasteiger partial charge in [-0.2, -0.15) is 0 Å². The van der Waals surface area contributed by atoms with E-state index >= 15 is 0 Å². The number of piperazine rings is 1. The van der Waals surface area contributed by atoms with E-state index in [9.17, 15) is 0 Å². The molecule has 2 aromatic carbocycles. The SMILES string of the molecule is COc1ccc(Cc2ccc[c]c2N2CCN(C)CC2)cc1. The lowest BCUT2D eigenvalue weighted by atomic mass is 10.0. The van der Waals surface area contributed by atoms with Gasteiger partial charge in [0.2, 0.25) is 0 Å². The number of likely N-dealkylation sites (N-methyl/N-ethyl adjacent to an activating group) is 1. The average molecular weight is 295 g/mol. The first-order valence-electron chi connectivity index (χ1n) is 7.82. The fraction of sp³-hybridized carbons (Fsp3) is 0.368. The van der Waals surface area contributed by atoms with Crippen molar-refractivity contribution in [2.45, 2.75) is 6.42 Å². The molecule has 3 heteroatoms. The Morgan fingerprint density at radius 3 is 2.45 bits per heavy atom. The van der Waals surface area contributed by atoms with Crippen LogP contribution in [0.5, 0.6) is 5.75 Å². The van der Waals surface area contributed by atoms with Gasteiger partial charge >= 0.3 is 0 Å². The maximum absolute atomic E-state index is 5.23. The van der Waals surface area contributed by atoms with Gasteiger partial charge in [0.15, 0.2) is 0 Å². The minimum atomic E-state index is 0.905. The molecule has 1 radical (unpaired) electrons. The van der Waals surface area contributed by atoms with Gasteiger partial charge in [0, 0.05) is 37.9 Å². The number of anilines is 1. The van der Waals surface area contributed by atoms with Gasteiger partial charge in [0.25, 0.3) is 0 Å². The molecule has 0 N–H and O–H groups in total. The van der Waals surface area contributed by atoms with Crippen LogP contribution in [0.25, 0.3) is 0 Å². The zero-order chi connectivity index (χ0) is 15.4. The molecule has 115 valence electrons. The first-order valence-corrected chi connectivity index (χ1v) is 7.82. The van der Waals surface area contributed by atoms with Crippen LogP contribution in [0.4, 0.5) is 5.69 Å². The zero-order valence-corrected chi connectivity index (χ0v) is 13.4. The van der Waals surface area contributed by atoms with Crippen molar-refractivity contribution in [1.29, 1.82) is 0 Å². The zero-order valence-electron chi connectivity index (χ0n) is 13.4. The number of rotatable bonds is 4. The van der Waals surface area contributed by atoms with E-state index in [1.165, 1.54) is 16.8 Å². The summed E-state index contributed by atoms with van der Waals surface area (Å²) in [5.74, 6) is 0.905. The Bertz CT molecular complexity index is 601. The van der Waals surface area contributed by atoms with Gasteiger partial charge in [-0.1, -0.05) is 30.3 Å². The van der Waals surface area contributed by atoms with Crippen molar-refractivity contribution in [3.05, 3.63) is 59.7 Å². The van der Waals surface area contributed by atoms with E-state index in [-0.39, 0.29) is 0 Å². The van der Waals surface area contributed by atoms with Gasteiger partial charge in [0.05, 0.1) is 7.11 Å². The molecule has 0 saturated carbocycles. The molecular formula is C19H23N2O. The summed E-state index contributed by atoms with van der Waals surface area (Å²) in [6, 6.07) is 18.1. The maximum Gasteiger partial charge on any atom is 0.118 e. The fourth-order valence-corrected chi connectivity index (χ4v) is 2.89. The Labute approximate surface area is 133 Å². The molecule has 0 aliphatic carbocycles. The number of para-hydroxylation sites is 1. The summed E-state index contributed by atoms with van der Waals surface area (Å²) >= 11 is 0. The van der Waals surface area contributed by atoms with Crippen molar-refractivity contribution in [1.82, 2.24) is 4.90 Å². The van der Waals surface area contributed by atoms with E-state index in [2.05, 4.69) is 47.2 Å². The Morgan fingerprint density at radius 2 is 1.77 bits per heavy atom. The first-order chi connectivity index (χ1) is 10.8. The highest BCUT2D eigenvalue weighted by molar-refractivity contribution is 5.54. The van der Waals surface area contributed by atoms with Crippen molar-refractivity contribution in [3.63, 3.8) is 0 Å². The summed E-state index contributed by atoms with van der Waals surface area (Å²) in [5, 5.41) is 0. The molecule has 0 aromatic heterocycles. The summed E-state index contributed by atoms with van der Waals surface area (Å²) in [7, 11) is 3.89. The fourth-order valence-electron chi connectivity index (χ4n) is 2.89. The van der Waals surface area contributed by atoms with E-state index in [1.54, 1.807) is 7.11 Å². The van der Waals surface area contributed by atoms with Crippen LogP contribution in [0.3, 0.4) is 0 Å². The average Bonchev–Trinajstić information content (AvgIpc) is 2.57. The molecular weight excluding hydrogens is 272 g/mol. The molecule has 1 saturated heterocycles. The van der Waals surface area contributed by atoms with Crippen LogP contribution in [0, 0.1) is 6.07 Å². The number of nitrogens with zero attached hydrogens (tertiary/aromatic N) is 2. The Morgan fingerprint density at radius 1 is 1.05 bits per heavy atom. The van der Waals surface area contributed by atoms with Gasteiger partial charge in [-0.05, 0) is 36.7 Å². The lowest BCUT2D eigenvalue weighted by Gasteiger charge is -2.35. The Kier molecular flexibility index (Phi) is 4.64. The third kappa shape index (κ3) is 3.42. The maximum atomic E-state index is 5.23. The van der Waals surface area contributed by atoms with Crippen molar-refractivity contribution >= 4 is 5.69 Å². The third-order valence-electron chi connectivity index (χ3n) is 4.29. The van der Waals surface area contributed by atoms with Crippen LogP contribution in [0.2, 0.25) is 0 Å². The van der Waals surface area contributed by atoms with E-state index in [4.69, 9.17) is 4.74 Å². The van der Waals surface area contributed by atoms with E-state index in [0.717, 1.165) is 38.3 Å². The Hall–Kier alpha value is -2.00. The summed E-state index contributed by atoms with van der Waals surface area (Å²) in [5.41, 5.74) is 3.90. The smallest absolute Gasteiger partial charge is 0.118 e. The topological polar surface area (TPSA) is 15.7 Å². The normalized spacial score (nSPS) is 15.8. The van der Waals surface area contributed by atoms with Crippen LogP contribution >= 0.6 is 0 Å². The molecule has 1 fully saturated rings. The van der Waals surface area contributed by atoms with E-state index in [1.807, 2.05) is 18.2 Å².